The van der Waals surface area contributed by atoms with Crippen molar-refractivity contribution in [2.45, 2.75) is 25.4 Å². The highest BCUT2D eigenvalue weighted by Gasteiger charge is 2.29. The molecule has 2 aliphatic rings. The van der Waals surface area contributed by atoms with Crippen LogP contribution in [0.15, 0.2) is 29.3 Å². The van der Waals surface area contributed by atoms with Gasteiger partial charge in [0.2, 0.25) is 0 Å². The van der Waals surface area contributed by atoms with Gasteiger partial charge in [0.25, 0.3) is 0 Å². The van der Waals surface area contributed by atoms with Crippen LogP contribution in [0.4, 0.5) is 4.39 Å². The first-order chi connectivity index (χ1) is 14.5. The van der Waals surface area contributed by atoms with Crippen molar-refractivity contribution in [2.24, 2.45) is 4.99 Å². The average Bonchev–Trinajstić information content (AvgIpc) is 2.77. The monoisotopic (exact) mass is 421 g/mol. The molecular formula is C22H36FN5O2. The van der Waals surface area contributed by atoms with Crippen LogP contribution in [0.3, 0.4) is 0 Å². The van der Waals surface area contributed by atoms with Gasteiger partial charge in [0.05, 0.1) is 32.5 Å². The number of nitrogens with one attached hydrogen (secondary N) is 2. The molecule has 1 aromatic carbocycles. The number of nitrogens with zero attached hydrogens (tertiary/aromatic N) is 3. The van der Waals surface area contributed by atoms with Crippen LogP contribution in [0.5, 0.6) is 0 Å². The van der Waals surface area contributed by atoms with E-state index in [1.807, 2.05) is 6.07 Å². The molecule has 168 valence electrons. The van der Waals surface area contributed by atoms with Crippen LogP contribution >= 0.6 is 0 Å². The second kappa shape index (κ2) is 11.0. The third kappa shape index (κ3) is 6.38. The Hall–Kier alpha value is -1.74. The molecule has 7 nitrogen and oxygen atoms in total. The van der Waals surface area contributed by atoms with Crippen LogP contribution < -0.4 is 10.6 Å². The lowest BCUT2D eigenvalue weighted by Gasteiger charge is -2.41. The molecule has 2 heterocycles. The van der Waals surface area contributed by atoms with Gasteiger partial charge >= 0.3 is 0 Å². The fourth-order valence-electron chi connectivity index (χ4n) is 4.06. The molecule has 1 atom stereocenters. The van der Waals surface area contributed by atoms with E-state index in [-0.39, 0.29) is 17.4 Å². The van der Waals surface area contributed by atoms with Gasteiger partial charge in [0.15, 0.2) is 5.96 Å². The maximum absolute atomic E-state index is 13.9. The van der Waals surface area contributed by atoms with E-state index >= 15 is 0 Å². The Morgan fingerprint density at radius 2 is 1.77 bits per heavy atom. The summed E-state index contributed by atoms with van der Waals surface area (Å²) < 4.78 is 24.9. The third-order valence-electron chi connectivity index (χ3n) is 5.96. The van der Waals surface area contributed by atoms with Gasteiger partial charge in [-0.05, 0) is 31.5 Å². The standard InChI is InChI=1S/C22H36FN5O2/c1-22(2,28-9-13-30-14-10-28)17-26-21(24-3)25-16-20(27-7-11-29-12-8-27)18-5-4-6-19(23)15-18/h4-6,15,20H,7-14,16-17H2,1-3H3,(H2,24,25,26). The zero-order chi connectivity index (χ0) is 21.4. The Kier molecular flexibility index (Phi) is 8.44. The van der Waals surface area contributed by atoms with Crippen molar-refractivity contribution in [1.29, 1.82) is 0 Å². The zero-order valence-electron chi connectivity index (χ0n) is 18.5. The molecule has 0 aromatic heterocycles. The molecule has 0 amide bonds. The van der Waals surface area contributed by atoms with Crippen molar-refractivity contribution in [2.75, 3.05) is 72.7 Å². The number of aliphatic imine (C=N–C) groups is 1. The Labute approximate surface area is 179 Å². The molecule has 0 saturated carbocycles. The number of rotatable bonds is 7. The van der Waals surface area contributed by atoms with E-state index in [1.54, 1.807) is 19.2 Å². The summed E-state index contributed by atoms with van der Waals surface area (Å²) in [5.74, 6) is 0.548. The van der Waals surface area contributed by atoms with Crippen LogP contribution in [-0.2, 0) is 9.47 Å². The summed E-state index contributed by atoms with van der Waals surface area (Å²) in [6.45, 7) is 12.4. The highest BCUT2D eigenvalue weighted by Crippen LogP contribution is 2.22. The number of hydrogen-bond acceptors (Lipinski definition) is 5. The van der Waals surface area contributed by atoms with Crippen LogP contribution in [0.1, 0.15) is 25.5 Å². The normalized spacial score (nSPS) is 20.7. The summed E-state index contributed by atoms with van der Waals surface area (Å²) >= 11 is 0. The van der Waals surface area contributed by atoms with Crippen LogP contribution in [0.25, 0.3) is 0 Å². The summed E-state index contributed by atoms with van der Waals surface area (Å²) in [6, 6.07) is 6.93. The van der Waals surface area contributed by atoms with Crippen molar-refractivity contribution in [3.63, 3.8) is 0 Å². The molecule has 0 aliphatic carbocycles. The van der Waals surface area contributed by atoms with Gasteiger partial charge in [-0.1, -0.05) is 12.1 Å². The number of halogens is 1. The lowest BCUT2D eigenvalue weighted by Crippen LogP contribution is -2.57. The van der Waals surface area contributed by atoms with Gasteiger partial charge < -0.3 is 20.1 Å². The average molecular weight is 422 g/mol. The molecule has 8 heteroatoms. The minimum Gasteiger partial charge on any atom is -0.379 e. The SMILES string of the molecule is CN=C(NCC(c1cccc(F)c1)N1CCOCC1)NCC(C)(C)N1CCOCC1. The first-order valence-electron chi connectivity index (χ1n) is 10.8. The Balaban J connectivity index is 1.60. The van der Waals surface area contributed by atoms with E-state index in [2.05, 4.69) is 39.3 Å². The van der Waals surface area contributed by atoms with Crippen LogP contribution in [0, 0.1) is 5.82 Å². The molecule has 0 bridgehead atoms. The molecule has 0 radical (unpaired) electrons. The Bertz CT molecular complexity index is 688. The Morgan fingerprint density at radius 1 is 1.10 bits per heavy atom. The fraction of sp³-hybridized carbons (Fsp3) is 0.682. The second-order valence-corrected chi connectivity index (χ2v) is 8.44. The predicted molar refractivity (Wildman–Crippen MR) is 117 cm³/mol. The van der Waals surface area contributed by atoms with Gasteiger partial charge in [0, 0.05) is 51.9 Å². The van der Waals surface area contributed by atoms with E-state index in [0.717, 1.165) is 57.5 Å². The number of guanidine groups is 1. The molecule has 2 fully saturated rings. The lowest BCUT2D eigenvalue weighted by molar-refractivity contribution is -0.00836. The largest absolute Gasteiger partial charge is 0.379 e. The molecule has 1 unspecified atom stereocenters. The van der Waals surface area contributed by atoms with Crippen LogP contribution in [0.2, 0.25) is 0 Å². The molecule has 0 spiro atoms. The summed E-state index contributed by atoms with van der Waals surface area (Å²) in [7, 11) is 1.78. The van der Waals surface area contributed by atoms with E-state index in [9.17, 15) is 4.39 Å². The highest BCUT2D eigenvalue weighted by molar-refractivity contribution is 5.79. The predicted octanol–water partition coefficient (Wildman–Crippen LogP) is 1.47. The number of benzene rings is 1. The minimum atomic E-state index is -0.208. The first-order valence-corrected chi connectivity index (χ1v) is 10.8. The first kappa shape index (κ1) is 22.9. The van der Waals surface area contributed by atoms with Crippen molar-refractivity contribution in [3.8, 4) is 0 Å². The minimum absolute atomic E-state index is 0.00638. The van der Waals surface area contributed by atoms with Gasteiger partial charge in [0.1, 0.15) is 5.82 Å². The Morgan fingerprint density at radius 3 is 2.40 bits per heavy atom. The van der Waals surface area contributed by atoms with Crippen molar-refractivity contribution in [1.82, 2.24) is 20.4 Å². The fourth-order valence-corrected chi connectivity index (χ4v) is 4.06. The zero-order valence-corrected chi connectivity index (χ0v) is 18.5. The molecule has 1 aromatic rings. The summed E-state index contributed by atoms with van der Waals surface area (Å²) in [4.78, 5) is 9.19. The maximum Gasteiger partial charge on any atom is 0.191 e. The van der Waals surface area contributed by atoms with Crippen molar-refractivity contribution in [3.05, 3.63) is 35.6 Å². The topological polar surface area (TPSA) is 61.4 Å². The molecule has 2 aliphatic heterocycles. The number of ether oxygens (including phenoxy) is 2. The van der Waals surface area contributed by atoms with Gasteiger partial charge in [-0.3, -0.25) is 14.8 Å². The lowest BCUT2D eigenvalue weighted by atomic mass is 10.0. The quantitative estimate of drug-likeness (QED) is 0.514. The number of hydrogen-bond donors (Lipinski definition) is 2. The smallest absolute Gasteiger partial charge is 0.191 e. The molecular weight excluding hydrogens is 385 g/mol. The van der Waals surface area contributed by atoms with Crippen molar-refractivity contribution < 1.29 is 13.9 Å². The molecule has 30 heavy (non-hydrogen) atoms. The van der Waals surface area contributed by atoms with Gasteiger partial charge in [-0.15, -0.1) is 0 Å². The van der Waals surface area contributed by atoms with Crippen LogP contribution in [-0.4, -0.2) is 94.0 Å². The summed E-state index contributed by atoms with van der Waals surface area (Å²) in [5.41, 5.74) is 0.960. The van der Waals surface area contributed by atoms with E-state index in [1.165, 1.54) is 6.07 Å². The van der Waals surface area contributed by atoms with E-state index < -0.39 is 0 Å². The van der Waals surface area contributed by atoms with E-state index in [4.69, 9.17) is 9.47 Å². The highest BCUT2D eigenvalue weighted by atomic mass is 19.1. The maximum atomic E-state index is 13.9. The van der Waals surface area contributed by atoms with Gasteiger partial charge in [-0.2, -0.15) is 0 Å². The molecule has 2 saturated heterocycles. The third-order valence-corrected chi connectivity index (χ3v) is 5.96. The van der Waals surface area contributed by atoms with E-state index in [0.29, 0.717) is 19.8 Å². The molecule has 2 N–H and O–H groups in total. The molecule has 3 rings (SSSR count). The summed E-state index contributed by atoms with van der Waals surface area (Å²) in [5, 5.41) is 6.92. The summed E-state index contributed by atoms with van der Waals surface area (Å²) in [6.07, 6.45) is 0. The van der Waals surface area contributed by atoms with Gasteiger partial charge in [-0.25, -0.2) is 4.39 Å². The second-order valence-electron chi connectivity index (χ2n) is 8.44. The number of morpholine rings is 2. The van der Waals surface area contributed by atoms with Crippen molar-refractivity contribution >= 4 is 5.96 Å².